The smallest absolute Gasteiger partial charge is 0.130 e. The molecule has 3 heteroatoms. The van der Waals surface area contributed by atoms with E-state index in [-0.39, 0.29) is 23.2 Å². The molecule has 2 rings (SSSR count). The first-order valence-corrected chi connectivity index (χ1v) is 6.47. The molecule has 0 aliphatic rings. The summed E-state index contributed by atoms with van der Waals surface area (Å²) in [6.07, 6.45) is 3.26. The Bertz CT molecular complexity index is 622. The first-order chi connectivity index (χ1) is 9.49. The van der Waals surface area contributed by atoms with Crippen LogP contribution in [0.15, 0.2) is 36.4 Å². The topological polar surface area (TPSA) is 40.5 Å². The van der Waals surface area contributed by atoms with Gasteiger partial charge in [0.2, 0.25) is 0 Å². The van der Waals surface area contributed by atoms with E-state index < -0.39 is 0 Å². The third-order valence-corrected chi connectivity index (χ3v) is 3.10. The Morgan fingerprint density at radius 1 is 1.00 bits per heavy atom. The molecule has 0 bridgehead atoms. The van der Waals surface area contributed by atoms with Crippen LogP contribution in [0, 0.1) is 5.82 Å². The Labute approximate surface area is 117 Å². The number of hydrogen-bond acceptors (Lipinski definition) is 2. The number of halogens is 1. The molecule has 20 heavy (non-hydrogen) atoms. The quantitative estimate of drug-likeness (QED) is 0.806. The summed E-state index contributed by atoms with van der Waals surface area (Å²) in [6, 6.07) is 9.55. The fourth-order valence-corrected chi connectivity index (χ4v) is 2.13. The average Bonchev–Trinajstić information content (AvgIpc) is 2.36. The van der Waals surface area contributed by atoms with E-state index in [1.807, 2.05) is 13.8 Å². The third-order valence-electron chi connectivity index (χ3n) is 3.10. The van der Waals surface area contributed by atoms with Gasteiger partial charge in [-0.05, 0) is 29.7 Å². The highest BCUT2D eigenvalue weighted by atomic mass is 19.1. The predicted octanol–water partition coefficient (Wildman–Crippen LogP) is 4.53. The molecule has 0 aliphatic heterocycles. The van der Waals surface area contributed by atoms with E-state index in [0.29, 0.717) is 16.7 Å². The minimum Gasteiger partial charge on any atom is -0.507 e. The Morgan fingerprint density at radius 2 is 1.60 bits per heavy atom. The lowest BCUT2D eigenvalue weighted by molar-refractivity contribution is 0.433. The van der Waals surface area contributed by atoms with Crippen LogP contribution in [0.1, 0.15) is 36.5 Å². The van der Waals surface area contributed by atoms with Crippen LogP contribution in [0.5, 0.6) is 11.5 Å². The minimum atomic E-state index is -0.309. The van der Waals surface area contributed by atoms with Crippen LogP contribution in [0.2, 0.25) is 0 Å². The fourth-order valence-electron chi connectivity index (χ4n) is 2.13. The maximum atomic E-state index is 13.5. The molecular formula is C17H17FO2. The lowest BCUT2D eigenvalue weighted by atomic mass is 9.98. The summed E-state index contributed by atoms with van der Waals surface area (Å²) >= 11 is 0. The second-order valence-electron chi connectivity index (χ2n) is 4.98. The molecule has 0 heterocycles. The van der Waals surface area contributed by atoms with Gasteiger partial charge in [-0.1, -0.05) is 44.2 Å². The lowest BCUT2D eigenvalue weighted by Gasteiger charge is -2.11. The van der Waals surface area contributed by atoms with Gasteiger partial charge in [-0.25, -0.2) is 4.39 Å². The van der Waals surface area contributed by atoms with Crippen LogP contribution in [-0.4, -0.2) is 10.2 Å². The normalized spacial score (nSPS) is 11.4. The van der Waals surface area contributed by atoms with Crippen molar-refractivity contribution in [3.63, 3.8) is 0 Å². The van der Waals surface area contributed by atoms with Crippen molar-refractivity contribution in [2.24, 2.45) is 0 Å². The number of phenolic OH excluding ortho intramolecular Hbond substituents is 2. The van der Waals surface area contributed by atoms with Gasteiger partial charge in [0.05, 0.1) is 0 Å². The largest absolute Gasteiger partial charge is 0.507 e. The van der Waals surface area contributed by atoms with E-state index in [9.17, 15) is 14.6 Å². The minimum absolute atomic E-state index is 0.0274. The van der Waals surface area contributed by atoms with Gasteiger partial charge in [0.25, 0.3) is 0 Å². The molecule has 2 aromatic carbocycles. The zero-order valence-electron chi connectivity index (χ0n) is 11.5. The summed E-state index contributed by atoms with van der Waals surface area (Å²) in [6.45, 7) is 3.78. The van der Waals surface area contributed by atoms with Gasteiger partial charge < -0.3 is 10.2 Å². The van der Waals surface area contributed by atoms with Crippen molar-refractivity contribution in [1.29, 1.82) is 0 Å². The molecule has 0 atom stereocenters. The SMILES string of the molecule is CC(C)c1c(O)cc(C=Cc2ccccc2F)cc1O. The Kier molecular flexibility index (Phi) is 4.08. The predicted molar refractivity (Wildman–Crippen MR) is 79.2 cm³/mol. The second-order valence-corrected chi connectivity index (χ2v) is 4.98. The fraction of sp³-hybridized carbons (Fsp3) is 0.176. The van der Waals surface area contributed by atoms with Crippen molar-refractivity contribution in [3.05, 3.63) is 58.9 Å². The zero-order chi connectivity index (χ0) is 14.7. The molecule has 0 amide bonds. The molecule has 0 aliphatic carbocycles. The van der Waals surface area contributed by atoms with E-state index in [2.05, 4.69) is 0 Å². The van der Waals surface area contributed by atoms with Crippen LogP contribution < -0.4 is 0 Å². The van der Waals surface area contributed by atoms with Crippen molar-refractivity contribution in [2.75, 3.05) is 0 Å². The Balaban J connectivity index is 2.34. The molecule has 0 spiro atoms. The molecule has 0 aromatic heterocycles. The number of aromatic hydroxyl groups is 2. The van der Waals surface area contributed by atoms with E-state index in [0.717, 1.165) is 0 Å². The molecule has 0 unspecified atom stereocenters. The van der Waals surface area contributed by atoms with E-state index >= 15 is 0 Å². The highest BCUT2D eigenvalue weighted by molar-refractivity contribution is 5.72. The first-order valence-electron chi connectivity index (χ1n) is 6.47. The zero-order valence-corrected chi connectivity index (χ0v) is 11.5. The van der Waals surface area contributed by atoms with Gasteiger partial charge in [-0.15, -0.1) is 0 Å². The molecule has 2 nitrogen and oxygen atoms in total. The Morgan fingerprint density at radius 3 is 2.15 bits per heavy atom. The molecule has 104 valence electrons. The highest BCUT2D eigenvalue weighted by Gasteiger charge is 2.12. The van der Waals surface area contributed by atoms with Gasteiger partial charge in [-0.2, -0.15) is 0 Å². The Hall–Kier alpha value is -2.29. The van der Waals surface area contributed by atoms with Crippen molar-refractivity contribution in [1.82, 2.24) is 0 Å². The summed E-state index contributed by atoms with van der Waals surface area (Å²) in [4.78, 5) is 0. The molecule has 2 aromatic rings. The molecule has 0 radical (unpaired) electrons. The number of benzene rings is 2. The van der Waals surface area contributed by atoms with Gasteiger partial charge >= 0.3 is 0 Å². The van der Waals surface area contributed by atoms with Gasteiger partial charge in [-0.3, -0.25) is 0 Å². The van der Waals surface area contributed by atoms with E-state index in [1.54, 1.807) is 42.5 Å². The number of rotatable bonds is 3. The average molecular weight is 272 g/mol. The van der Waals surface area contributed by atoms with Crippen LogP contribution >= 0.6 is 0 Å². The second kappa shape index (κ2) is 5.78. The lowest BCUT2D eigenvalue weighted by Crippen LogP contribution is -1.90. The van der Waals surface area contributed by atoms with Gasteiger partial charge in [0.15, 0.2) is 0 Å². The third kappa shape index (κ3) is 2.99. The monoisotopic (exact) mass is 272 g/mol. The summed E-state index contributed by atoms with van der Waals surface area (Å²) in [5.74, 6) is -0.183. The van der Waals surface area contributed by atoms with E-state index in [4.69, 9.17) is 0 Å². The highest BCUT2D eigenvalue weighted by Crippen LogP contribution is 2.35. The molecule has 0 saturated heterocycles. The van der Waals surface area contributed by atoms with Crippen molar-refractivity contribution in [2.45, 2.75) is 19.8 Å². The molecular weight excluding hydrogens is 255 g/mol. The van der Waals surface area contributed by atoms with Crippen LogP contribution in [0.4, 0.5) is 4.39 Å². The summed E-state index contributed by atoms with van der Waals surface area (Å²) < 4.78 is 13.5. The number of hydrogen-bond donors (Lipinski definition) is 2. The first kappa shape index (κ1) is 14.1. The van der Waals surface area contributed by atoms with Crippen LogP contribution in [-0.2, 0) is 0 Å². The van der Waals surface area contributed by atoms with Crippen molar-refractivity contribution in [3.8, 4) is 11.5 Å². The summed E-state index contributed by atoms with van der Waals surface area (Å²) in [5, 5.41) is 19.9. The van der Waals surface area contributed by atoms with Gasteiger partial charge in [0, 0.05) is 11.1 Å². The summed E-state index contributed by atoms with van der Waals surface area (Å²) in [5.41, 5.74) is 1.60. The van der Waals surface area contributed by atoms with Crippen molar-refractivity contribution < 1.29 is 14.6 Å². The van der Waals surface area contributed by atoms with Gasteiger partial charge in [0.1, 0.15) is 17.3 Å². The van der Waals surface area contributed by atoms with Crippen LogP contribution in [0.3, 0.4) is 0 Å². The molecule has 0 saturated carbocycles. The van der Waals surface area contributed by atoms with Crippen LogP contribution in [0.25, 0.3) is 12.2 Å². The van der Waals surface area contributed by atoms with Crippen molar-refractivity contribution >= 4 is 12.2 Å². The molecule has 0 fully saturated rings. The van der Waals surface area contributed by atoms with E-state index in [1.165, 1.54) is 6.07 Å². The maximum Gasteiger partial charge on any atom is 0.130 e. The summed E-state index contributed by atoms with van der Waals surface area (Å²) in [7, 11) is 0. The maximum absolute atomic E-state index is 13.5. The standard InChI is InChI=1S/C17H17FO2/c1-11(2)17-15(19)9-12(10-16(17)20)7-8-13-5-3-4-6-14(13)18/h3-11,19-20H,1-2H3. The molecule has 2 N–H and O–H groups in total. The number of phenols is 2.